The molecule has 3 fully saturated rings. The third-order valence-electron chi connectivity index (χ3n) is 10.6. The number of phenols is 2. The molecule has 3 aromatic rings. The predicted molar refractivity (Wildman–Crippen MR) is 167 cm³/mol. The lowest BCUT2D eigenvalue weighted by molar-refractivity contribution is -0.140. The molecule has 3 aromatic carbocycles. The van der Waals surface area contributed by atoms with Gasteiger partial charge in [0.05, 0.1) is 33.9 Å². The van der Waals surface area contributed by atoms with E-state index in [9.17, 15) is 33.8 Å². The van der Waals surface area contributed by atoms with Crippen molar-refractivity contribution >= 4 is 40.9 Å². The summed E-state index contributed by atoms with van der Waals surface area (Å²) in [5.41, 5.74) is 1.94. The van der Waals surface area contributed by atoms with Crippen LogP contribution in [0.4, 0.5) is 10.1 Å². The van der Waals surface area contributed by atoms with Crippen LogP contribution in [0.15, 0.2) is 72.3 Å². The predicted octanol–water partition coefficient (Wildman–Crippen LogP) is 5.67. The number of allylic oxidation sites excluding steroid dienone is 2. The summed E-state index contributed by atoms with van der Waals surface area (Å²) < 4.78 is 14.1. The number of halogens is 2. The first kappa shape index (κ1) is 30.2. The first-order valence-corrected chi connectivity index (χ1v) is 15.8. The number of carbonyl (C=O) groups is 4. The molecular formula is C36H32ClFN2O6. The molecule has 7 rings (SSSR count). The molecule has 4 aliphatic rings. The van der Waals surface area contributed by atoms with Crippen molar-refractivity contribution in [1.29, 1.82) is 0 Å². The van der Waals surface area contributed by atoms with E-state index in [1.54, 1.807) is 56.3 Å². The number of likely N-dealkylation sites (tertiary alicyclic amines) is 1. The Kier molecular flexibility index (Phi) is 7.08. The molecule has 0 aromatic heterocycles. The van der Waals surface area contributed by atoms with Crippen molar-refractivity contribution in [3.63, 3.8) is 0 Å². The molecule has 0 bridgehead atoms. The molecule has 1 saturated carbocycles. The summed E-state index contributed by atoms with van der Waals surface area (Å²) in [4.78, 5) is 58.9. The molecule has 2 saturated heterocycles. The molecule has 2 heterocycles. The quantitative estimate of drug-likeness (QED) is 0.274. The Morgan fingerprint density at radius 2 is 1.67 bits per heavy atom. The average Bonchev–Trinajstić information content (AvgIpc) is 3.39. The lowest BCUT2D eigenvalue weighted by Gasteiger charge is -2.49. The summed E-state index contributed by atoms with van der Waals surface area (Å²) in [6, 6.07) is 15.5. The van der Waals surface area contributed by atoms with E-state index in [-0.39, 0.29) is 47.0 Å². The topological polar surface area (TPSA) is 115 Å². The minimum atomic E-state index is -1.26. The van der Waals surface area contributed by atoms with Crippen molar-refractivity contribution in [2.75, 3.05) is 11.4 Å². The third-order valence-corrected chi connectivity index (χ3v) is 10.9. The van der Waals surface area contributed by atoms with E-state index in [2.05, 4.69) is 0 Å². The monoisotopic (exact) mass is 642 g/mol. The standard InChI is InChI=1S/C36H32ClFN2O6/c1-18-15-20(5-12-29(18)42)31-23-9-10-24-30(34(45)39(32(24)43)14-13-19-3-7-22(41)8-4-19)25(23)17-26-33(44)40(35(46)36(26,31)2)21-6-11-28(38)27(37)16-21/h3-9,11-12,15-16,24-26,30-31,41-42H,10,13-14,17H2,1-2H3. The van der Waals surface area contributed by atoms with Crippen LogP contribution in [0.2, 0.25) is 5.02 Å². The van der Waals surface area contributed by atoms with E-state index in [0.717, 1.165) is 27.7 Å². The molecular weight excluding hydrogens is 611 g/mol. The number of nitrogens with zero attached hydrogens (tertiary/aromatic N) is 2. The van der Waals surface area contributed by atoms with Crippen LogP contribution in [0.25, 0.3) is 0 Å². The maximum absolute atomic E-state index is 14.5. The Morgan fingerprint density at radius 1 is 0.935 bits per heavy atom. The van der Waals surface area contributed by atoms with Crippen LogP contribution in [0, 0.1) is 41.8 Å². The smallest absolute Gasteiger partial charge is 0.241 e. The lowest BCUT2D eigenvalue weighted by atomic mass is 9.51. The Morgan fingerprint density at radius 3 is 2.37 bits per heavy atom. The number of benzene rings is 3. The highest BCUT2D eigenvalue weighted by Crippen LogP contribution is 2.63. The Bertz CT molecular complexity index is 1860. The fourth-order valence-corrected chi connectivity index (χ4v) is 8.49. The number of imide groups is 2. The van der Waals surface area contributed by atoms with E-state index in [4.69, 9.17) is 11.6 Å². The number of amides is 4. The molecule has 46 heavy (non-hydrogen) atoms. The fourth-order valence-electron chi connectivity index (χ4n) is 8.31. The number of fused-ring (bicyclic) bond motifs is 4. The van der Waals surface area contributed by atoms with Gasteiger partial charge in [0, 0.05) is 12.5 Å². The first-order valence-electron chi connectivity index (χ1n) is 15.4. The zero-order valence-electron chi connectivity index (χ0n) is 25.2. The van der Waals surface area contributed by atoms with Gasteiger partial charge in [-0.15, -0.1) is 0 Å². The maximum atomic E-state index is 14.5. The van der Waals surface area contributed by atoms with Gasteiger partial charge in [0.25, 0.3) is 0 Å². The number of rotatable bonds is 5. The van der Waals surface area contributed by atoms with Crippen molar-refractivity contribution in [1.82, 2.24) is 4.90 Å². The zero-order valence-corrected chi connectivity index (χ0v) is 26.0. The van der Waals surface area contributed by atoms with Gasteiger partial charge < -0.3 is 10.2 Å². The lowest BCUT2D eigenvalue weighted by Crippen LogP contribution is -2.48. The fraction of sp³-hybridized carbons (Fsp3) is 0.333. The van der Waals surface area contributed by atoms with Gasteiger partial charge in [0.15, 0.2) is 0 Å². The third kappa shape index (κ3) is 4.39. The van der Waals surface area contributed by atoms with Gasteiger partial charge in [-0.3, -0.25) is 24.1 Å². The van der Waals surface area contributed by atoms with Crippen molar-refractivity contribution in [3.8, 4) is 11.5 Å². The normalized spacial score (nSPS) is 28.7. The van der Waals surface area contributed by atoms with Crippen LogP contribution in [0.1, 0.15) is 42.4 Å². The zero-order chi connectivity index (χ0) is 32.7. The number of aryl methyl sites for hydroxylation is 1. The molecule has 236 valence electrons. The van der Waals surface area contributed by atoms with E-state index in [1.165, 1.54) is 17.0 Å². The molecule has 6 atom stereocenters. The van der Waals surface area contributed by atoms with Crippen LogP contribution < -0.4 is 4.90 Å². The molecule has 10 heteroatoms. The summed E-state index contributed by atoms with van der Waals surface area (Å²) in [6.07, 6.45) is 2.92. The summed E-state index contributed by atoms with van der Waals surface area (Å²) in [6.45, 7) is 3.71. The van der Waals surface area contributed by atoms with Crippen LogP contribution >= 0.6 is 11.6 Å². The highest BCUT2D eigenvalue weighted by Gasteiger charge is 2.67. The summed E-state index contributed by atoms with van der Waals surface area (Å²) >= 11 is 6.07. The Labute approximate surface area is 270 Å². The molecule has 6 unspecified atom stereocenters. The largest absolute Gasteiger partial charge is 0.508 e. The van der Waals surface area contributed by atoms with Crippen LogP contribution in [-0.4, -0.2) is 45.3 Å². The van der Waals surface area contributed by atoms with E-state index in [1.807, 2.05) is 6.08 Å². The highest BCUT2D eigenvalue weighted by molar-refractivity contribution is 6.31. The minimum absolute atomic E-state index is 0.0905. The van der Waals surface area contributed by atoms with E-state index < -0.39 is 52.6 Å². The number of anilines is 1. The Hall–Kier alpha value is -4.50. The number of hydrogen-bond acceptors (Lipinski definition) is 6. The second-order valence-electron chi connectivity index (χ2n) is 13.1. The van der Waals surface area contributed by atoms with Crippen molar-refractivity contribution in [2.45, 2.75) is 39.0 Å². The van der Waals surface area contributed by atoms with Crippen molar-refractivity contribution < 1.29 is 33.8 Å². The molecule has 0 radical (unpaired) electrons. The molecule has 2 aliphatic carbocycles. The van der Waals surface area contributed by atoms with Gasteiger partial charge in [0.1, 0.15) is 17.3 Å². The van der Waals surface area contributed by atoms with Gasteiger partial charge in [-0.1, -0.05) is 47.5 Å². The number of hydrogen-bond donors (Lipinski definition) is 2. The summed E-state index contributed by atoms with van der Waals surface area (Å²) in [7, 11) is 0. The molecule has 8 nitrogen and oxygen atoms in total. The van der Waals surface area contributed by atoms with Crippen molar-refractivity contribution in [3.05, 3.63) is 99.8 Å². The maximum Gasteiger partial charge on any atom is 0.241 e. The van der Waals surface area contributed by atoms with Gasteiger partial charge in [-0.05, 0) is 92.1 Å². The first-order chi connectivity index (χ1) is 21.9. The molecule has 4 amide bonds. The van der Waals surface area contributed by atoms with Gasteiger partial charge >= 0.3 is 0 Å². The SMILES string of the molecule is Cc1cc(C2C3=CCC4C(=O)N(CCc5ccc(O)cc5)C(=O)C4C3CC3C(=O)N(c4ccc(F)c(Cl)c4)C(=O)C32C)ccc1O. The van der Waals surface area contributed by atoms with Crippen molar-refractivity contribution in [2.24, 2.45) is 29.1 Å². The van der Waals surface area contributed by atoms with E-state index in [0.29, 0.717) is 18.4 Å². The van der Waals surface area contributed by atoms with Crippen LogP contribution in [-0.2, 0) is 25.6 Å². The summed E-state index contributed by atoms with van der Waals surface area (Å²) in [5, 5.41) is 19.7. The summed E-state index contributed by atoms with van der Waals surface area (Å²) in [5.74, 6) is -5.09. The number of aromatic hydroxyl groups is 2. The van der Waals surface area contributed by atoms with Crippen LogP contribution in [0.5, 0.6) is 11.5 Å². The van der Waals surface area contributed by atoms with Gasteiger partial charge in [-0.25, -0.2) is 9.29 Å². The molecule has 2 N–H and O–H groups in total. The number of carbonyl (C=O) groups excluding carboxylic acids is 4. The minimum Gasteiger partial charge on any atom is -0.508 e. The average molecular weight is 643 g/mol. The van der Waals surface area contributed by atoms with Crippen LogP contribution in [0.3, 0.4) is 0 Å². The van der Waals surface area contributed by atoms with Gasteiger partial charge in [-0.2, -0.15) is 0 Å². The van der Waals surface area contributed by atoms with E-state index >= 15 is 0 Å². The van der Waals surface area contributed by atoms with Gasteiger partial charge in [0.2, 0.25) is 23.6 Å². The molecule has 2 aliphatic heterocycles. The Balaban J connectivity index is 1.29. The second-order valence-corrected chi connectivity index (χ2v) is 13.5. The number of phenolic OH excluding ortho intramolecular Hbond substituents is 2. The highest BCUT2D eigenvalue weighted by atomic mass is 35.5. The molecule has 0 spiro atoms. The second kappa shape index (κ2) is 10.8.